The van der Waals surface area contributed by atoms with Gasteiger partial charge in [-0.15, -0.1) is 23.2 Å². The molecule has 0 aliphatic carbocycles. The van der Waals surface area contributed by atoms with Gasteiger partial charge in [-0.25, -0.2) is 5.32 Å². The molecule has 0 amide bonds. The summed E-state index contributed by atoms with van der Waals surface area (Å²) in [6.07, 6.45) is 0.852. The molecule has 1 aromatic carbocycles. The van der Waals surface area contributed by atoms with Crippen molar-refractivity contribution in [3.63, 3.8) is 0 Å². The van der Waals surface area contributed by atoms with E-state index in [9.17, 15) is 4.79 Å². The molecule has 0 fully saturated rings. The number of carbonyl (C=O) groups excluding carboxylic acids is 1. The number of aryl methyl sites for hydroxylation is 1. The van der Waals surface area contributed by atoms with Gasteiger partial charge >= 0.3 is 0 Å². The lowest BCUT2D eigenvalue weighted by atomic mass is 10.0. The maximum Gasteiger partial charge on any atom is 0.150 e. The number of nitrogens with zero attached hydrogens (tertiary/aromatic N) is 1. The summed E-state index contributed by atoms with van der Waals surface area (Å²) in [5.74, 6) is 0.926. The fourth-order valence-electron chi connectivity index (χ4n) is 1.49. The molecular formula is C12H14Cl2NO. The van der Waals surface area contributed by atoms with Crippen LogP contribution in [0.2, 0.25) is 0 Å². The van der Waals surface area contributed by atoms with Gasteiger partial charge in [0.25, 0.3) is 0 Å². The van der Waals surface area contributed by atoms with E-state index in [1.165, 1.54) is 0 Å². The molecular weight excluding hydrogens is 245 g/mol. The van der Waals surface area contributed by atoms with Crippen molar-refractivity contribution in [1.82, 2.24) is 5.32 Å². The Hall–Kier alpha value is -0.570. The summed E-state index contributed by atoms with van der Waals surface area (Å²) in [5.41, 5.74) is 2.68. The van der Waals surface area contributed by atoms with Gasteiger partial charge in [-0.05, 0) is 18.1 Å². The van der Waals surface area contributed by atoms with Crippen molar-refractivity contribution in [3.05, 3.63) is 34.9 Å². The lowest BCUT2D eigenvalue weighted by Crippen LogP contribution is -2.17. The van der Waals surface area contributed by atoms with E-state index in [4.69, 9.17) is 23.2 Å². The molecule has 0 heterocycles. The molecule has 1 rings (SSSR count). The minimum atomic E-state index is -0.0418. The van der Waals surface area contributed by atoms with Gasteiger partial charge in [0.1, 0.15) is 6.29 Å². The minimum Gasteiger partial charge on any atom is -0.298 e. The van der Waals surface area contributed by atoms with Gasteiger partial charge in [0.05, 0.1) is 6.04 Å². The third-order valence-electron chi connectivity index (χ3n) is 2.39. The lowest BCUT2D eigenvalue weighted by molar-refractivity contribution is 0.112. The Morgan fingerprint density at radius 1 is 1.44 bits per heavy atom. The molecule has 4 heteroatoms. The van der Waals surface area contributed by atoms with Crippen LogP contribution in [0.1, 0.15) is 27.5 Å². The van der Waals surface area contributed by atoms with Crippen LogP contribution in [0.3, 0.4) is 0 Å². The van der Waals surface area contributed by atoms with Crippen LogP contribution in [0.25, 0.3) is 0 Å². The highest BCUT2D eigenvalue weighted by Gasteiger charge is 2.11. The Balaban J connectivity index is 2.84. The third-order valence-corrected chi connectivity index (χ3v) is 2.85. The van der Waals surface area contributed by atoms with Gasteiger partial charge in [0.2, 0.25) is 0 Å². The average Bonchev–Trinajstić information content (AvgIpc) is 2.30. The first-order chi connectivity index (χ1) is 7.72. The van der Waals surface area contributed by atoms with E-state index in [1.807, 2.05) is 19.1 Å². The first kappa shape index (κ1) is 13.5. The number of benzene rings is 1. The fraction of sp³-hybridized carbons (Fsp3) is 0.417. The van der Waals surface area contributed by atoms with Crippen LogP contribution in [-0.4, -0.2) is 24.6 Å². The van der Waals surface area contributed by atoms with Crippen LogP contribution in [-0.2, 0) is 0 Å². The molecule has 0 aromatic heterocycles. The second kappa shape index (κ2) is 6.89. The van der Waals surface area contributed by atoms with Gasteiger partial charge in [0, 0.05) is 23.9 Å². The SMILES string of the molecule is Cc1cc(C(CCl)[N]CCCl)ccc1C=O. The van der Waals surface area contributed by atoms with E-state index in [2.05, 4.69) is 5.32 Å². The maximum atomic E-state index is 10.7. The molecule has 0 saturated carbocycles. The molecule has 0 aliphatic heterocycles. The number of carbonyl (C=O) groups is 1. The van der Waals surface area contributed by atoms with Gasteiger partial charge in [-0.1, -0.05) is 18.2 Å². The minimum absolute atomic E-state index is 0.0418. The average molecular weight is 259 g/mol. The van der Waals surface area contributed by atoms with Crippen LogP contribution >= 0.6 is 23.2 Å². The smallest absolute Gasteiger partial charge is 0.150 e. The molecule has 0 bridgehead atoms. The summed E-state index contributed by atoms with van der Waals surface area (Å²) in [4.78, 5) is 10.7. The predicted octanol–water partition coefficient (Wildman–Crippen LogP) is 2.93. The van der Waals surface area contributed by atoms with Crippen molar-refractivity contribution < 1.29 is 4.79 Å². The Labute approximate surface area is 106 Å². The standard InChI is InChI=1S/C12H14Cl2NO/c1-9-6-10(2-3-11(9)8-16)12(7-14)15-5-4-13/h2-3,6,8,12H,4-5,7H2,1H3. The van der Waals surface area contributed by atoms with E-state index in [0.717, 1.165) is 17.4 Å². The van der Waals surface area contributed by atoms with E-state index in [-0.39, 0.29) is 6.04 Å². The van der Waals surface area contributed by atoms with Crippen LogP contribution in [0.4, 0.5) is 0 Å². The zero-order chi connectivity index (χ0) is 12.0. The van der Waals surface area contributed by atoms with Crippen LogP contribution < -0.4 is 5.32 Å². The first-order valence-corrected chi connectivity index (χ1v) is 6.14. The second-order valence-corrected chi connectivity index (χ2v) is 4.19. The number of rotatable bonds is 6. The molecule has 0 saturated heterocycles. The number of hydrogen-bond donors (Lipinski definition) is 0. The van der Waals surface area contributed by atoms with Crippen molar-refractivity contribution in [2.75, 3.05) is 18.3 Å². The summed E-state index contributed by atoms with van der Waals surface area (Å²) < 4.78 is 0. The fourth-order valence-corrected chi connectivity index (χ4v) is 1.86. The van der Waals surface area contributed by atoms with Crippen molar-refractivity contribution in [2.45, 2.75) is 13.0 Å². The van der Waals surface area contributed by atoms with Gasteiger partial charge in [-0.2, -0.15) is 0 Å². The normalized spacial score (nSPS) is 12.4. The second-order valence-electron chi connectivity index (χ2n) is 3.50. The first-order valence-electron chi connectivity index (χ1n) is 5.07. The predicted molar refractivity (Wildman–Crippen MR) is 67.7 cm³/mol. The van der Waals surface area contributed by atoms with Crippen molar-refractivity contribution >= 4 is 29.5 Å². The summed E-state index contributed by atoms with van der Waals surface area (Å²) in [6, 6.07) is 5.60. The summed E-state index contributed by atoms with van der Waals surface area (Å²) in [5, 5.41) is 4.38. The highest BCUT2D eigenvalue weighted by atomic mass is 35.5. The summed E-state index contributed by atoms with van der Waals surface area (Å²) >= 11 is 11.4. The quantitative estimate of drug-likeness (QED) is 0.570. The topological polar surface area (TPSA) is 31.2 Å². The zero-order valence-electron chi connectivity index (χ0n) is 9.12. The van der Waals surface area contributed by atoms with Gasteiger partial charge in [0.15, 0.2) is 0 Å². The molecule has 16 heavy (non-hydrogen) atoms. The number of hydrogen-bond acceptors (Lipinski definition) is 1. The highest BCUT2D eigenvalue weighted by molar-refractivity contribution is 6.18. The molecule has 0 spiro atoms. The molecule has 1 atom stereocenters. The molecule has 1 radical (unpaired) electrons. The van der Waals surface area contributed by atoms with Gasteiger partial charge in [-0.3, -0.25) is 4.79 Å². The van der Waals surface area contributed by atoms with Gasteiger partial charge < -0.3 is 0 Å². The number of aldehydes is 1. The Morgan fingerprint density at radius 2 is 2.19 bits per heavy atom. The summed E-state index contributed by atoms with van der Waals surface area (Å²) in [6.45, 7) is 2.49. The number of alkyl halides is 2. The Morgan fingerprint density at radius 3 is 2.69 bits per heavy atom. The van der Waals surface area contributed by atoms with Crippen molar-refractivity contribution in [1.29, 1.82) is 0 Å². The maximum absolute atomic E-state index is 10.7. The molecule has 87 valence electrons. The molecule has 1 aromatic rings. The Bertz CT molecular complexity index is 355. The summed E-state index contributed by atoms with van der Waals surface area (Å²) in [7, 11) is 0. The molecule has 0 N–H and O–H groups in total. The monoisotopic (exact) mass is 258 g/mol. The molecule has 1 unspecified atom stereocenters. The van der Waals surface area contributed by atoms with Crippen LogP contribution in [0.5, 0.6) is 0 Å². The molecule has 0 aliphatic rings. The molecule has 2 nitrogen and oxygen atoms in total. The zero-order valence-corrected chi connectivity index (χ0v) is 10.6. The number of halogens is 2. The van der Waals surface area contributed by atoms with Crippen molar-refractivity contribution in [3.8, 4) is 0 Å². The Kier molecular flexibility index (Phi) is 5.81. The van der Waals surface area contributed by atoms with E-state index in [0.29, 0.717) is 23.9 Å². The van der Waals surface area contributed by atoms with Crippen molar-refractivity contribution in [2.24, 2.45) is 0 Å². The van der Waals surface area contributed by atoms with Crippen LogP contribution in [0.15, 0.2) is 18.2 Å². The third kappa shape index (κ3) is 3.48. The van der Waals surface area contributed by atoms with E-state index in [1.54, 1.807) is 6.07 Å². The van der Waals surface area contributed by atoms with Crippen LogP contribution in [0, 0.1) is 6.92 Å². The largest absolute Gasteiger partial charge is 0.298 e. The highest BCUT2D eigenvalue weighted by Crippen LogP contribution is 2.18. The lowest BCUT2D eigenvalue weighted by Gasteiger charge is -2.14. The van der Waals surface area contributed by atoms with E-state index < -0.39 is 0 Å². The van der Waals surface area contributed by atoms with E-state index >= 15 is 0 Å².